The van der Waals surface area contributed by atoms with Crippen molar-refractivity contribution >= 4 is 45.0 Å². The SMILES string of the molecule is CCc1ccc2nc(N(CCN(CC)CC)C(=O)c3ccn(C)n3)sc2c1.Cl. The van der Waals surface area contributed by atoms with Crippen molar-refractivity contribution in [1.29, 1.82) is 0 Å². The smallest absolute Gasteiger partial charge is 0.280 e. The number of halogens is 1. The normalized spacial score (nSPS) is 11.0. The fraction of sp³-hybridized carbons (Fsp3) is 0.450. The second kappa shape index (κ2) is 10.0. The quantitative estimate of drug-likeness (QED) is 0.551. The van der Waals surface area contributed by atoms with Gasteiger partial charge in [-0.25, -0.2) is 4.98 Å². The molecule has 0 spiro atoms. The first-order valence-electron chi connectivity index (χ1n) is 9.49. The minimum absolute atomic E-state index is 0. The van der Waals surface area contributed by atoms with Crippen LogP contribution in [-0.4, -0.2) is 51.8 Å². The third kappa shape index (κ3) is 4.90. The first kappa shape index (κ1) is 22.3. The molecule has 28 heavy (non-hydrogen) atoms. The Balaban J connectivity index is 0.00000280. The maximum Gasteiger partial charge on any atom is 0.280 e. The molecule has 0 radical (unpaired) electrons. The highest BCUT2D eigenvalue weighted by Gasteiger charge is 2.23. The molecule has 1 amide bonds. The van der Waals surface area contributed by atoms with Crippen molar-refractivity contribution in [3.8, 4) is 0 Å². The molecule has 0 N–H and O–H groups in total. The van der Waals surface area contributed by atoms with E-state index in [1.54, 1.807) is 33.2 Å². The van der Waals surface area contributed by atoms with Gasteiger partial charge in [0.1, 0.15) is 0 Å². The van der Waals surface area contributed by atoms with Crippen molar-refractivity contribution < 1.29 is 4.79 Å². The van der Waals surface area contributed by atoms with Crippen LogP contribution in [0.2, 0.25) is 0 Å². The number of amides is 1. The van der Waals surface area contributed by atoms with E-state index in [1.807, 2.05) is 13.1 Å². The number of nitrogens with zero attached hydrogens (tertiary/aromatic N) is 5. The minimum atomic E-state index is -0.0995. The Bertz CT molecular complexity index is 918. The number of aromatic nitrogens is 3. The van der Waals surface area contributed by atoms with Crippen LogP contribution in [0.15, 0.2) is 30.5 Å². The van der Waals surface area contributed by atoms with Crippen LogP contribution in [0.3, 0.4) is 0 Å². The monoisotopic (exact) mass is 421 g/mol. The maximum absolute atomic E-state index is 13.1. The molecule has 3 rings (SSSR count). The van der Waals surface area contributed by atoms with Crippen molar-refractivity contribution in [2.45, 2.75) is 27.2 Å². The largest absolute Gasteiger partial charge is 0.302 e. The van der Waals surface area contributed by atoms with E-state index in [-0.39, 0.29) is 18.3 Å². The molecule has 0 fully saturated rings. The molecular weight excluding hydrogens is 394 g/mol. The molecule has 0 unspecified atom stereocenters. The Morgan fingerprint density at radius 1 is 1.14 bits per heavy atom. The Morgan fingerprint density at radius 2 is 1.89 bits per heavy atom. The van der Waals surface area contributed by atoms with E-state index in [4.69, 9.17) is 4.98 Å². The fourth-order valence-electron chi connectivity index (χ4n) is 3.02. The molecule has 0 aliphatic carbocycles. The third-order valence-electron chi connectivity index (χ3n) is 4.79. The molecule has 8 heteroatoms. The number of aryl methyl sites for hydroxylation is 2. The highest BCUT2D eigenvalue weighted by molar-refractivity contribution is 7.22. The summed E-state index contributed by atoms with van der Waals surface area (Å²) in [5.41, 5.74) is 2.67. The van der Waals surface area contributed by atoms with Gasteiger partial charge in [0.2, 0.25) is 0 Å². The lowest BCUT2D eigenvalue weighted by Crippen LogP contribution is -2.39. The van der Waals surface area contributed by atoms with Crippen LogP contribution in [0, 0.1) is 0 Å². The molecule has 6 nitrogen and oxygen atoms in total. The standard InChI is InChI=1S/C20H27N5OS.ClH/c1-5-15-8-9-16-18(14-15)27-20(21-16)25(13-12-24(6-2)7-3)19(26)17-10-11-23(4)22-17;/h8-11,14H,5-7,12-13H2,1-4H3;1H. The summed E-state index contributed by atoms with van der Waals surface area (Å²) in [7, 11) is 1.82. The first-order chi connectivity index (χ1) is 13.0. The van der Waals surface area contributed by atoms with E-state index in [0.29, 0.717) is 12.2 Å². The van der Waals surface area contributed by atoms with Crippen molar-refractivity contribution in [2.75, 3.05) is 31.1 Å². The molecule has 0 aliphatic heterocycles. The molecule has 0 saturated heterocycles. The van der Waals surface area contributed by atoms with Gasteiger partial charge < -0.3 is 4.90 Å². The Kier molecular flexibility index (Phi) is 7.98. The van der Waals surface area contributed by atoms with Crippen LogP contribution in [0.4, 0.5) is 5.13 Å². The van der Waals surface area contributed by atoms with E-state index in [0.717, 1.165) is 41.4 Å². The summed E-state index contributed by atoms with van der Waals surface area (Å²) in [6.07, 6.45) is 2.78. The Hall–Kier alpha value is -1.96. The van der Waals surface area contributed by atoms with Gasteiger partial charge in [0.15, 0.2) is 10.8 Å². The van der Waals surface area contributed by atoms with Crippen LogP contribution >= 0.6 is 23.7 Å². The van der Waals surface area contributed by atoms with E-state index >= 15 is 0 Å². The number of rotatable bonds is 8. The highest BCUT2D eigenvalue weighted by Crippen LogP contribution is 2.30. The summed E-state index contributed by atoms with van der Waals surface area (Å²) < 4.78 is 2.77. The van der Waals surface area contributed by atoms with Crippen molar-refractivity contribution in [2.24, 2.45) is 7.05 Å². The van der Waals surface area contributed by atoms with Gasteiger partial charge in [-0.15, -0.1) is 12.4 Å². The van der Waals surface area contributed by atoms with Gasteiger partial charge in [0.05, 0.1) is 10.2 Å². The number of likely N-dealkylation sites (N-methyl/N-ethyl adjacent to an activating group) is 1. The van der Waals surface area contributed by atoms with E-state index < -0.39 is 0 Å². The number of carbonyl (C=O) groups is 1. The molecule has 2 heterocycles. The predicted octanol–water partition coefficient (Wildman–Crippen LogP) is 4.00. The molecule has 0 saturated carbocycles. The van der Waals surface area contributed by atoms with Gasteiger partial charge in [0.25, 0.3) is 5.91 Å². The van der Waals surface area contributed by atoms with Crippen molar-refractivity contribution in [1.82, 2.24) is 19.7 Å². The van der Waals surface area contributed by atoms with Gasteiger partial charge in [0, 0.05) is 26.3 Å². The van der Waals surface area contributed by atoms with Gasteiger partial charge in [-0.2, -0.15) is 5.10 Å². The first-order valence-corrected chi connectivity index (χ1v) is 10.3. The van der Waals surface area contributed by atoms with Crippen molar-refractivity contribution in [3.63, 3.8) is 0 Å². The highest BCUT2D eigenvalue weighted by atomic mass is 35.5. The number of hydrogen-bond donors (Lipinski definition) is 0. The third-order valence-corrected chi connectivity index (χ3v) is 5.83. The van der Waals surface area contributed by atoms with Crippen LogP contribution in [0.1, 0.15) is 36.8 Å². The number of anilines is 1. The number of thiazole rings is 1. The molecule has 0 atom stereocenters. The summed E-state index contributed by atoms with van der Waals surface area (Å²) in [5.74, 6) is -0.0995. The van der Waals surface area contributed by atoms with Gasteiger partial charge in [-0.3, -0.25) is 14.4 Å². The summed E-state index contributed by atoms with van der Waals surface area (Å²) in [6, 6.07) is 8.08. The van der Waals surface area contributed by atoms with E-state index in [2.05, 4.69) is 42.9 Å². The molecular formula is C20H28ClN5OS. The summed E-state index contributed by atoms with van der Waals surface area (Å²) in [6.45, 7) is 9.74. The Morgan fingerprint density at radius 3 is 2.50 bits per heavy atom. The predicted molar refractivity (Wildman–Crippen MR) is 119 cm³/mol. The van der Waals surface area contributed by atoms with Crippen molar-refractivity contribution in [3.05, 3.63) is 41.7 Å². The molecule has 3 aromatic rings. The van der Waals surface area contributed by atoms with Gasteiger partial charge >= 0.3 is 0 Å². The molecule has 2 aromatic heterocycles. The van der Waals surface area contributed by atoms with Crippen LogP contribution in [0.25, 0.3) is 10.2 Å². The number of fused-ring (bicyclic) bond motifs is 1. The topological polar surface area (TPSA) is 54.3 Å². The molecule has 152 valence electrons. The zero-order valence-electron chi connectivity index (χ0n) is 16.9. The summed E-state index contributed by atoms with van der Waals surface area (Å²) in [5, 5.41) is 5.03. The second-order valence-electron chi connectivity index (χ2n) is 6.51. The zero-order valence-corrected chi connectivity index (χ0v) is 18.5. The Labute approximate surface area is 176 Å². The average molecular weight is 422 g/mol. The number of hydrogen-bond acceptors (Lipinski definition) is 5. The zero-order chi connectivity index (χ0) is 19.4. The average Bonchev–Trinajstić information content (AvgIpc) is 3.30. The summed E-state index contributed by atoms with van der Waals surface area (Å²) >= 11 is 1.57. The minimum Gasteiger partial charge on any atom is -0.302 e. The van der Waals surface area contributed by atoms with Gasteiger partial charge in [-0.05, 0) is 43.3 Å². The fourth-order valence-corrected chi connectivity index (χ4v) is 4.08. The summed E-state index contributed by atoms with van der Waals surface area (Å²) in [4.78, 5) is 22.0. The van der Waals surface area contributed by atoms with Crippen LogP contribution in [0.5, 0.6) is 0 Å². The molecule has 0 bridgehead atoms. The van der Waals surface area contributed by atoms with E-state index in [1.165, 1.54) is 5.56 Å². The van der Waals surface area contributed by atoms with E-state index in [9.17, 15) is 4.79 Å². The second-order valence-corrected chi connectivity index (χ2v) is 7.52. The molecule has 1 aromatic carbocycles. The number of benzene rings is 1. The number of carbonyl (C=O) groups excluding carboxylic acids is 1. The van der Waals surface area contributed by atoms with Gasteiger partial charge in [-0.1, -0.05) is 38.2 Å². The van der Waals surface area contributed by atoms with Crippen LogP contribution < -0.4 is 4.90 Å². The lowest BCUT2D eigenvalue weighted by atomic mass is 10.2. The maximum atomic E-state index is 13.1. The molecule has 0 aliphatic rings. The lowest BCUT2D eigenvalue weighted by molar-refractivity contribution is 0.0978. The van der Waals surface area contributed by atoms with Crippen LogP contribution in [-0.2, 0) is 13.5 Å². The lowest BCUT2D eigenvalue weighted by Gasteiger charge is -2.24.